The van der Waals surface area contributed by atoms with E-state index < -0.39 is 0 Å². The van der Waals surface area contributed by atoms with Gasteiger partial charge in [-0.1, -0.05) is 11.6 Å². The molecule has 6 heteroatoms. The maximum atomic E-state index is 11.8. The lowest BCUT2D eigenvalue weighted by molar-refractivity contribution is 1.16. The van der Waals surface area contributed by atoms with Gasteiger partial charge in [0.05, 0.1) is 22.4 Å². The minimum Gasteiger partial charge on any atom is -0.345 e. The Bertz CT molecular complexity index is 790. The summed E-state index contributed by atoms with van der Waals surface area (Å²) in [4.78, 5) is 25.6. The van der Waals surface area contributed by atoms with Crippen LogP contribution < -0.4 is 5.56 Å². The van der Waals surface area contributed by atoms with Gasteiger partial charge in [0.1, 0.15) is 5.65 Å². The van der Waals surface area contributed by atoms with E-state index in [1.807, 2.05) is 6.92 Å². The number of aromatic amines is 2. The molecule has 2 N–H and O–H groups in total. The van der Waals surface area contributed by atoms with Crippen LogP contribution in [-0.2, 0) is 0 Å². The van der Waals surface area contributed by atoms with Crippen molar-refractivity contribution in [2.45, 2.75) is 6.92 Å². The van der Waals surface area contributed by atoms with Crippen molar-refractivity contribution in [3.8, 4) is 11.1 Å². The van der Waals surface area contributed by atoms with Crippen molar-refractivity contribution in [1.29, 1.82) is 0 Å². The maximum Gasteiger partial charge on any atom is 0.260 e. The quantitative estimate of drug-likeness (QED) is 0.705. The molecule has 0 aromatic carbocycles. The molecule has 0 spiro atoms. The van der Waals surface area contributed by atoms with Crippen LogP contribution in [-0.4, -0.2) is 19.9 Å². The predicted octanol–water partition coefficient (Wildman–Crippen LogP) is 2.28. The first-order valence-corrected chi connectivity index (χ1v) is 5.72. The monoisotopic (exact) mass is 260 g/mol. The number of hydrogen-bond acceptors (Lipinski definition) is 3. The van der Waals surface area contributed by atoms with Crippen LogP contribution in [0.2, 0.25) is 5.02 Å². The summed E-state index contributed by atoms with van der Waals surface area (Å²) in [5.74, 6) is 0. The Hall–Kier alpha value is -2.14. The molecular weight excluding hydrogens is 252 g/mol. The van der Waals surface area contributed by atoms with Crippen LogP contribution in [0.15, 0.2) is 29.6 Å². The Morgan fingerprint density at radius 3 is 2.89 bits per heavy atom. The third-order valence-corrected chi connectivity index (χ3v) is 3.19. The first-order chi connectivity index (χ1) is 8.66. The van der Waals surface area contributed by atoms with Gasteiger partial charge < -0.3 is 9.97 Å². The second-order valence-corrected chi connectivity index (χ2v) is 4.36. The lowest BCUT2D eigenvalue weighted by atomic mass is 10.1. The van der Waals surface area contributed by atoms with E-state index >= 15 is 0 Å². The van der Waals surface area contributed by atoms with Crippen LogP contribution in [0.1, 0.15) is 5.69 Å². The molecule has 0 radical (unpaired) electrons. The first-order valence-electron chi connectivity index (χ1n) is 5.34. The lowest BCUT2D eigenvalue weighted by Gasteiger charge is -2.01. The molecule has 3 aromatic heterocycles. The zero-order valence-corrected chi connectivity index (χ0v) is 10.2. The number of H-pyrrole nitrogens is 2. The van der Waals surface area contributed by atoms with Crippen LogP contribution in [0, 0.1) is 6.92 Å². The highest BCUT2D eigenvalue weighted by Gasteiger charge is 2.11. The first kappa shape index (κ1) is 11.0. The fourth-order valence-corrected chi connectivity index (χ4v) is 2.02. The zero-order chi connectivity index (χ0) is 12.7. The molecule has 0 unspecified atom stereocenters. The molecule has 0 saturated heterocycles. The van der Waals surface area contributed by atoms with Crippen molar-refractivity contribution in [2.75, 3.05) is 0 Å². The van der Waals surface area contributed by atoms with Crippen molar-refractivity contribution in [3.05, 3.63) is 45.9 Å². The highest BCUT2D eigenvalue weighted by atomic mass is 35.5. The fourth-order valence-electron chi connectivity index (χ4n) is 1.85. The van der Waals surface area contributed by atoms with Crippen molar-refractivity contribution < 1.29 is 0 Å². The van der Waals surface area contributed by atoms with Gasteiger partial charge in [-0.2, -0.15) is 0 Å². The number of nitrogens with zero attached hydrogens (tertiary/aromatic N) is 2. The van der Waals surface area contributed by atoms with E-state index in [2.05, 4.69) is 19.9 Å². The van der Waals surface area contributed by atoms with E-state index in [1.54, 1.807) is 18.5 Å². The molecule has 18 heavy (non-hydrogen) atoms. The molecule has 0 fully saturated rings. The van der Waals surface area contributed by atoms with E-state index in [4.69, 9.17) is 11.6 Å². The molecule has 0 atom stereocenters. The van der Waals surface area contributed by atoms with E-state index in [1.165, 1.54) is 6.33 Å². The second kappa shape index (κ2) is 3.96. The average Bonchev–Trinajstić information content (AvgIpc) is 2.78. The number of halogens is 1. The number of rotatable bonds is 1. The number of fused-ring (bicyclic) bond motifs is 1. The van der Waals surface area contributed by atoms with Crippen molar-refractivity contribution in [3.63, 3.8) is 0 Å². The minimum atomic E-state index is -0.187. The molecule has 3 aromatic rings. The molecule has 0 amide bonds. The summed E-state index contributed by atoms with van der Waals surface area (Å²) in [6.07, 6.45) is 4.79. The summed E-state index contributed by atoms with van der Waals surface area (Å²) in [6, 6.07) is 1.79. The maximum absolute atomic E-state index is 11.8. The van der Waals surface area contributed by atoms with E-state index in [0.717, 1.165) is 16.8 Å². The molecule has 0 saturated carbocycles. The standard InChI is InChI=1S/C12H9ClN4O/c1-6-9(13)2-7(3-14-6)8-4-15-11-10(8)12(18)17-5-16-11/h2-5H,1H3,(H2,15,16,17,18). The number of aromatic nitrogens is 4. The Labute approximate surface area is 107 Å². The average molecular weight is 261 g/mol. The number of pyridine rings is 1. The summed E-state index contributed by atoms with van der Waals surface area (Å²) in [7, 11) is 0. The largest absolute Gasteiger partial charge is 0.345 e. The van der Waals surface area contributed by atoms with Crippen LogP contribution in [0.4, 0.5) is 0 Å². The Kier molecular flexibility index (Phi) is 2.41. The number of aryl methyl sites for hydroxylation is 1. The molecule has 0 aliphatic carbocycles. The van der Waals surface area contributed by atoms with Gasteiger partial charge in [0.2, 0.25) is 0 Å². The molecule has 3 heterocycles. The highest BCUT2D eigenvalue weighted by molar-refractivity contribution is 6.31. The second-order valence-electron chi connectivity index (χ2n) is 3.95. The lowest BCUT2D eigenvalue weighted by Crippen LogP contribution is -2.05. The zero-order valence-electron chi connectivity index (χ0n) is 9.49. The molecule has 3 rings (SSSR count). The van der Waals surface area contributed by atoms with Crippen LogP contribution >= 0.6 is 11.6 Å². The van der Waals surface area contributed by atoms with Gasteiger partial charge in [-0.15, -0.1) is 0 Å². The molecule has 0 aliphatic rings. The Balaban J connectivity index is 2.32. The molecule has 90 valence electrons. The summed E-state index contributed by atoms with van der Waals surface area (Å²) in [5, 5.41) is 1.08. The summed E-state index contributed by atoms with van der Waals surface area (Å²) in [6.45, 7) is 1.83. The molecule has 5 nitrogen and oxygen atoms in total. The SMILES string of the molecule is Cc1ncc(-c2c[nH]c3nc[nH]c(=O)c23)cc1Cl. The summed E-state index contributed by atoms with van der Waals surface area (Å²) in [5.41, 5.74) is 2.65. The van der Waals surface area contributed by atoms with Gasteiger partial charge in [0.25, 0.3) is 5.56 Å². The minimum absolute atomic E-state index is 0.187. The summed E-state index contributed by atoms with van der Waals surface area (Å²) < 4.78 is 0. The number of nitrogens with one attached hydrogen (secondary N) is 2. The van der Waals surface area contributed by atoms with E-state index in [9.17, 15) is 4.79 Å². The molecule has 0 bridgehead atoms. The Morgan fingerprint density at radius 2 is 2.11 bits per heavy atom. The van der Waals surface area contributed by atoms with Crippen LogP contribution in [0.25, 0.3) is 22.2 Å². The van der Waals surface area contributed by atoms with E-state index in [0.29, 0.717) is 16.1 Å². The van der Waals surface area contributed by atoms with Gasteiger partial charge in [-0.05, 0) is 13.0 Å². The summed E-state index contributed by atoms with van der Waals surface area (Å²) >= 11 is 6.05. The van der Waals surface area contributed by atoms with Crippen molar-refractivity contribution in [1.82, 2.24) is 19.9 Å². The van der Waals surface area contributed by atoms with Gasteiger partial charge in [-0.25, -0.2) is 4.98 Å². The molecular formula is C12H9ClN4O. The third kappa shape index (κ3) is 1.60. The van der Waals surface area contributed by atoms with Crippen LogP contribution in [0.5, 0.6) is 0 Å². The van der Waals surface area contributed by atoms with Gasteiger partial charge in [-0.3, -0.25) is 9.78 Å². The topological polar surface area (TPSA) is 74.4 Å². The Morgan fingerprint density at radius 1 is 1.28 bits per heavy atom. The van der Waals surface area contributed by atoms with Crippen molar-refractivity contribution >= 4 is 22.6 Å². The smallest absolute Gasteiger partial charge is 0.260 e. The number of hydrogen-bond donors (Lipinski definition) is 2. The normalized spacial score (nSPS) is 11.0. The third-order valence-electron chi connectivity index (χ3n) is 2.81. The fraction of sp³-hybridized carbons (Fsp3) is 0.0833. The predicted molar refractivity (Wildman–Crippen MR) is 69.7 cm³/mol. The van der Waals surface area contributed by atoms with Crippen molar-refractivity contribution in [2.24, 2.45) is 0 Å². The van der Waals surface area contributed by atoms with E-state index in [-0.39, 0.29) is 5.56 Å². The van der Waals surface area contributed by atoms with Gasteiger partial charge in [0, 0.05) is 23.5 Å². The van der Waals surface area contributed by atoms with Gasteiger partial charge in [0.15, 0.2) is 0 Å². The molecule has 0 aliphatic heterocycles. The van der Waals surface area contributed by atoms with Crippen LogP contribution in [0.3, 0.4) is 0 Å². The highest BCUT2D eigenvalue weighted by Crippen LogP contribution is 2.27. The van der Waals surface area contributed by atoms with Gasteiger partial charge >= 0.3 is 0 Å².